The van der Waals surface area contributed by atoms with Crippen LogP contribution in [0.15, 0.2) is 55.1 Å². The number of methoxy groups -OCH3 is 1. The molecule has 5 heterocycles. The van der Waals surface area contributed by atoms with Crippen molar-refractivity contribution in [2.45, 2.75) is 6.54 Å². The van der Waals surface area contributed by atoms with E-state index in [4.69, 9.17) is 14.5 Å². The van der Waals surface area contributed by atoms with Gasteiger partial charge >= 0.3 is 0 Å². The summed E-state index contributed by atoms with van der Waals surface area (Å²) >= 11 is 0. The fraction of sp³-hybridized carbons (Fsp3) is 0.308. The second kappa shape index (κ2) is 10.7. The van der Waals surface area contributed by atoms with Crippen molar-refractivity contribution >= 4 is 11.3 Å². The van der Waals surface area contributed by atoms with Gasteiger partial charge < -0.3 is 14.4 Å². The number of nitrogens with zero attached hydrogens (tertiary/aromatic N) is 7. The lowest BCUT2D eigenvalue weighted by molar-refractivity contribution is 0.146. The zero-order valence-electron chi connectivity index (χ0n) is 20.0. The molecule has 4 aromatic rings. The Morgan fingerprint density at radius 1 is 1.03 bits per heavy atom. The lowest BCUT2D eigenvalue weighted by Crippen LogP contribution is -2.46. The first-order valence-electron chi connectivity index (χ1n) is 11.7. The van der Waals surface area contributed by atoms with E-state index in [0.29, 0.717) is 36.6 Å². The molecule has 0 amide bonds. The van der Waals surface area contributed by atoms with Gasteiger partial charge in [-0.15, -0.1) is 0 Å². The average molecular weight is 488 g/mol. The highest BCUT2D eigenvalue weighted by Crippen LogP contribution is 2.31. The maximum atomic E-state index is 13.1. The third-order valence-corrected chi connectivity index (χ3v) is 6.19. The normalized spacial score (nSPS) is 14.2. The van der Waals surface area contributed by atoms with E-state index in [1.807, 2.05) is 24.4 Å². The van der Waals surface area contributed by atoms with Gasteiger partial charge in [0.15, 0.2) is 0 Å². The van der Waals surface area contributed by atoms with Gasteiger partial charge in [0.05, 0.1) is 42.0 Å². The monoisotopic (exact) mass is 487 g/mol. The van der Waals surface area contributed by atoms with Crippen molar-refractivity contribution in [2.24, 2.45) is 0 Å². The Morgan fingerprint density at radius 3 is 2.58 bits per heavy atom. The van der Waals surface area contributed by atoms with Crippen molar-refractivity contribution in [1.82, 2.24) is 24.5 Å². The van der Waals surface area contributed by atoms with E-state index in [1.54, 1.807) is 30.1 Å². The van der Waals surface area contributed by atoms with Crippen LogP contribution < -0.4 is 9.64 Å². The summed E-state index contributed by atoms with van der Waals surface area (Å²) in [5.74, 6) is 1.22. The molecule has 0 N–H and O–H groups in total. The first-order valence-corrected chi connectivity index (χ1v) is 11.7. The Bertz CT molecular complexity index is 1360. The summed E-state index contributed by atoms with van der Waals surface area (Å²) in [5, 5.41) is 13.9. The lowest BCUT2D eigenvalue weighted by Gasteiger charge is -2.35. The zero-order valence-corrected chi connectivity index (χ0v) is 20.0. The molecule has 9 nitrogen and oxygen atoms in total. The largest absolute Gasteiger partial charge is 0.490 e. The van der Waals surface area contributed by atoms with Gasteiger partial charge in [-0.3, -0.25) is 9.88 Å². The van der Waals surface area contributed by atoms with E-state index in [0.717, 1.165) is 48.8 Å². The number of pyridine rings is 3. The predicted octanol–water partition coefficient (Wildman–Crippen LogP) is 3.15. The van der Waals surface area contributed by atoms with Gasteiger partial charge in [0, 0.05) is 57.2 Å². The molecule has 5 rings (SSSR count). The molecule has 0 radical (unpaired) electrons. The van der Waals surface area contributed by atoms with E-state index in [2.05, 4.69) is 26.0 Å². The van der Waals surface area contributed by atoms with E-state index < -0.39 is 0 Å². The number of anilines is 1. The second-order valence-corrected chi connectivity index (χ2v) is 8.53. The number of hydrogen-bond acceptors (Lipinski definition) is 8. The van der Waals surface area contributed by atoms with Crippen molar-refractivity contribution in [3.63, 3.8) is 0 Å². The van der Waals surface area contributed by atoms with Crippen LogP contribution in [0, 0.1) is 17.1 Å². The van der Waals surface area contributed by atoms with Crippen molar-refractivity contribution in [1.29, 1.82) is 5.26 Å². The van der Waals surface area contributed by atoms with Gasteiger partial charge in [-0.1, -0.05) is 0 Å². The number of halogens is 1. The number of aromatic nitrogens is 4. The molecule has 0 aliphatic carbocycles. The van der Waals surface area contributed by atoms with Crippen LogP contribution in [-0.4, -0.2) is 71.0 Å². The summed E-state index contributed by atoms with van der Waals surface area (Å²) < 4.78 is 25.7. The summed E-state index contributed by atoms with van der Waals surface area (Å²) in [6.45, 7) is 4.99. The number of nitriles is 1. The summed E-state index contributed by atoms with van der Waals surface area (Å²) in [4.78, 5) is 13.4. The minimum atomic E-state index is -0.318. The lowest BCUT2D eigenvalue weighted by atomic mass is 10.1. The highest BCUT2D eigenvalue weighted by atomic mass is 19.1. The topological polar surface area (TPSA) is 91.8 Å². The molecule has 36 heavy (non-hydrogen) atoms. The Hall–Kier alpha value is -4.07. The average Bonchev–Trinajstić information content (AvgIpc) is 3.33. The van der Waals surface area contributed by atoms with Gasteiger partial charge in [0.25, 0.3) is 0 Å². The minimum absolute atomic E-state index is 0.318. The molecule has 1 fully saturated rings. The third kappa shape index (κ3) is 5.12. The Balaban J connectivity index is 1.31. The van der Waals surface area contributed by atoms with Crippen LogP contribution >= 0.6 is 0 Å². The summed E-state index contributed by atoms with van der Waals surface area (Å²) in [7, 11) is 1.63. The van der Waals surface area contributed by atoms with Crippen molar-refractivity contribution in [3.8, 4) is 22.9 Å². The van der Waals surface area contributed by atoms with Crippen molar-refractivity contribution in [3.05, 3.63) is 72.2 Å². The van der Waals surface area contributed by atoms with E-state index in [1.165, 1.54) is 12.3 Å². The molecule has 0 spiro atoms. The molecular weight excluding hydrogens is 461 g/mol. The van der Waals surface area contributed by atoms with Gasteiger partial charge in [-0.05, 0) is 30.3 Å². The maximum Gasteiger partial charge on any atom is 0.141 e. The second-order valence-electron chi connectivity index (χ2n) is 8.53. The number of hydrogen-bond donors (Lipinski definition) is 0. The first-order chi connectivity index (χ1) is 17.6. The standard InChI is InChI=1S/C26H26FN7O2/c1-35-10-11-36-23-12-24(26-20(13-28)15-31-34(26)18-23)19-2-5-25(30-14-19)33-8-6-32(7-9-33)17-22-4-3-21(27)16-29-22/h2-5,12,14-16,18H,6-11,17H2,1H3. The molecule has 0 saturated carbocycles. The smallest absolute Gasteiger partial charge is 0.141 e. The van der Waals surface area contributed by atoms with E-state index in [9.17, 15) is 9.65 Å². The van der Waals surface area contributed by atoms with Crippen LogP contribution in [0.2, 0.25) is 0 Å². The molecular formula is C26H26FN7O2. The van der Waals surface area contributed by atoms with Crippen LogP contribution in [0.25, 0.3) is 16.6 Å². The summed E-state index contributed by atoms with van der Waals surface area (Å²) in [6, 6.07) is 11.3. The fourth-order valence-electron chi connectivity index (χ4n) is 4.32. The molecule has 0 atom stereocenters. The molecule has 1 aliphatic heterocycles. The highest BCUT2D eigenvalue weighted by Gasteiger charge is 2.19. The molecule has 0 aromatic carbocycles. The molecule has 4 aromatic heterocycles. The van der Waals surface area contributed by atoms with Crippen LogP contribution in [0.5, 0.6) is 5.75 Å². The quantitative estimate of drug-likeness (QED) is 0.350. The number of rotatable bonds is 8. The molecule has 1 aliphatic rings. The number of piperazine rings is 1. The van der Waals surface area contributed by atoms with Gasteiger partial charge in [-0.25, -0.2) is 13.9 Å². The summed E-state index contributed by atoms with van der Waals surface area (Å²) in [6.07, 6.45) is 6.40. The number of fused-ring (bicyclic) bond motifs is 1. The van der Waals surface area contributed by atoms with Gasteiger partial charge in [0.2, 0.25) is 0 Å². The number of ether oxygens (including phenoxy) is 2. The zero-order chi connectivity index (χ0) is 24.9. The van der Waals surface area contributed by atoms with Crippen LogP contribution in [0.4, 0.5) is 10.2 Å². The van der Waals surface area contributed by atoms with Crippen molar-refractivity contribution in [2.75, 3.05) is 51.4 Å². The molecule has 10 heteroatoms. The van der Waals surface area contributed by atoms with E-state index in [-0.39, 0.29) is 5.82 Å². The molecule has 184 valence electrons. The van der Waals surface area contributed by atoms with Crippen LogP contribution in [0.1, 0.15) is 11.3 Å². The van der Waals surface area contributed by atoms with E-state index >= 15 is 0 Å². The first kappa shape index (κ1) is 23.7. The predicted molar refractivity (Wildman–Crippen MR) is 132 cm³/mol. The van der Waals surface area contributed by atoms with Crippen LogP contribution in [-0.2, 0) is 11.3 Å². The molecule has 1 saturated heterocycles. The van der Waals surface area contributed by atoms with Crippen LogP contribution in [0.3, 0.4) is 0 Å². The Labute approximate surface area is 208 Å². The maximum absolute atomic E-state index is 13.1. The van der Waals surface area contributed by atoms with Crippen molar-refractivity contribution < 1.29 is 13.9 Å². The molecule has 0 bridgehead atoms. The molecule has 0 unspecified atom stereocenters. The third-order valence-electron chi connectivity index (χ3n) is 6.19. The Morgan fingerprint density at radius 2 is 1.89 bits per heavy atom. The summed E-state index contributed by atoms with van der Waals surface area (Å²) in [5.41, 5.74) is 3.77. The fourth-order valence-corrected chi connectivity index (χ4v) is 4.32. The van der Waals surface area contributed by atoms with Gasteiger partial charge in [-0.2, -0.15) is 10.4 Å². The van der Waals surface area contributed by atoms with Gasteiger partial charge in [0.1, 0.15) is 30.1 Å². The Kier molecular flexibility index (Phi) is 7.02. The highest BCUT2D eigenvalue weighted by molar-refractivity contribution is 5.85. The minimum Gasteiger partial charge on any atom is -0.490 e. The SMILES string of the molecule is COCCOc1cc(-c2ccc(N3CCN(Cc4ccc(F)cn4)CC3)nc2)c2c(C#N)cnn2c1.